The van der Waals surface area contributed by atoms with Gasteiger partial charge in [-0.25, -0.2) is 0 Å². The summed E-state index contributed by atoms with van der Waals surface area (Å²) in [5.74, 6) is 1.87. The first-order valence-electron chi connectivity index (χ1n) is 12.4. The fraction of sp³-hybridized carbons (Fsp3) is 0.483. The van der Waals surface area contributed by atoms with Crippen LogP contribution in [0.5, 0.6) is 11.5 Å². The van der Waals surface area contributed by atoms with Gasteiger partial charge >= 0.3 is 0 Å². The number of aryl methyl sites for hydroxylation is 2. The number of ether oxygens (including phenoxy) is 2. The first-order valence-corrected chi connectivity index (χ1v) is 12.4. The van der Waals surface area contributed by atoms with E-state index in [2.05, 4.69) is 67.2 Å². The monoisotopic (exact) mass is 466 g/mol. The van der Waals surface area contributed by atoms with Crippen molar-refractivity contribution in [3.8, 4) is 11.5 Å². The summed E-state index contributed by atoms with van der Waals surface area (Å²) in [6.07, 6.45) is 8.12. The zero-order chi connectivity index (χ0) is 24.6. The van der Waals surface area contributed by atoms with Crippen molar-refractivity contribution in [3.63, 3.8) is 0 Å². The molecule has 0 atom stereocenters. The number of hydrogen-bond donors (Lipinski definition) is 0. The van der Waals surface area contributed by atoms with Gasteiger partial charge in [0.15, 0.2) is 0 Å². The second kappa shape index (κ2) is 15.9. The Labute approximate surface area is 206 Å². The fourth-order valence-electron chi connectivity index (χ4n) is 3.94. The van der Waals surface area contributed by atoms with E-state index in [1.807, 2.05) is 25.1 Å². The maximum absolute atomic E-state index is 6.13. The Balaban J connectivity index is 1.73. The zero-order valence-corrected chi connectivity index (χ0v) is 21.7. The summed E-state index contributed by atoms with van der Waals surface area (Å²) in [7, 11) is 1.62. The lowest BCUT2D eigenvalue weighted by Gasteiger charge is -2.21. The summed E-state index contributed by atoms with van der Waals surface area (Å²) in [5, 5.41) is 4.28. The van der Waals surface area contributed by atoms with Gasteiger partial charge in [-0.3, -0.25) is 4.90 Å². The first kappa shape index (κ1) is 27.5. The summed E-state index contributed by atoms with van der Waals surface area (Å²) in [5.41, 5.74) is 4.56. The Morgan fingerprint density at radius 2 is 1.74 bits per heavy atom. The van der Waals surface area contributed by atoms with Crippen molar-refractivity contribution in [2.75, 3.05) is 40.0 Å². The van der Waals surface area contributed by atoms with E-state index in [4.69, 9.17) is 14.3 Å². The van der Waals surface area contributed by atoms with E-state index in [1.165, 1.54) is 5.56 Å². The van der Waals surface area contributed by atoms with Crippen LogP contribution >= 0.6 is 0 Å². The van der Waals surface area contributed by atoms with E-state index in [-0.39, 0.29) is 0 Å². The highest BCUT2D eigenvalue weighted by Crippen LogP contribution is 2.28. The summed E-state index contributed by atoms with van der Waals surface area (Å²) >= 11 is 0. The first-order chi connectivity index (χ1) is 16.6. The van der Waals surface area contributed by atoms with Crippen LogP contribution in [0.2, 0.25) is 0 Å². The van der Waals surface area contributed by atoms with Crippen molar-refractivity contribution in [1.29, 1.82) is 0 Å². The number of nitrogens with zero attached hydrogens (tertiary/aromatic N) is 2. The molecule has 0 unspecified atom stereocenters. The largest absolute Gasteiger partial charge is 0.493 e. The molecule has 0 radical (unpaired) electrons. The third-order valence-corrected chi connectivity index (χ3v) is 5.71. The van der Waals surface area contributed by atoms with E-state index in [0.29, 0.717) is 6.61 Å². The minimum absolute atomic E-state index is 0.593. The van der Waals surface area contributed by atoms with Crippen molar-refractivity contribution in [2.45, 2.75) is 53.4 Å². The number of hydrogen-bond acceptors (Lipinski definition) is 5. The number of oxime groups is 1. The normalized spacial score (nSPS) is 11.9. The van der Waals surface area contributed by atoms with Crippen LogP contribution < -0.4 is 9.47 Å². The van der Waals surface area contributed by atoms with Gasteiger partial charge in [-0.15, -0.1) is 0 Å². The number of unbranched alkanes of at least 4 members (excludes halogenated alkanes) is 2. The van der Waals surface area contributed by atoms with Crippen LogP contribution in [-0.2, 0) is 11.3 Å². The molecule has 0 heterocycles. The van der Waals surface area contributed by atoms with Crippen LogP contribution in [0.4, 0.5) is 0 Å². The van der Waals surface area contributed by atoms with Gasteiger partial charge in [-0.2, -0.15) is 0 Å². The van der Waals surface area contributed by atoms with Crippen molar-refractivity contribution >= 4 is 5.71 Å². The molecule has 5 heteroatoms. The summed E-state index contributed by atoms with van der Waals surface area (Å²) in [6.45, 7) is 12.6. The van der Waals surface area contributed by atoms with Gasteiger partial charge in [0.2, 0.25) is 0 Å². The summed E-state index contributed by atoms with van der Waals surface area (Å²) in [6, 6.07) is 14.5. The molecule has 0 aromatic heterocycles. The second-order valence-corrected chi connectivity index (χ2v) is 8.55. The lowest BCUT2D eigenvalue weighted by Crippen LogP contribution is -2.31. The number of rotatable bonds is 16. The predicted octanol–water partition coefficient (Wildman–Crippen LogP) is 6.37. The van der Waals surface area contributed by atoms with Crippen LogP contribution in [0.1, 0.15) is 49.8 Å². The molecule has 0 fully saturated rings. The van der Waals surface area contributed by atoms with E-state index in [0.717, 1.165) is 80.3 Å². The molecule has 186 valence electrons. The van der Waals surface area contributed by atoms with Crippen LogP contribution in [0, 0.1) is 13.8 Å². The number of allylic oxidation sites excluding steroid dienone is 1. The molecule has 2 aromatic rings. The van der Waals surface area contributed by atoms with Crippen molar-refractivity contribution in [3.05, 3.63) is 71.3 Å². The average molecular weight is 467 g/mol. The molecule has 0 aliphatic carbocycles. The van der Waals surface area contributed by atoms with Gasteiger partial charge in [-0.05, 0) is 81.9 Å². The average Bonchev–Trinajstić information content (AvgIpc) is 2.82. The zero-order valence-electron chi connectivity index (χ0n) is 21.7. The van der Waals surface area contributed by atoms with Crippen molar-refractivity contribution in [1.82, 2.24) is 4.90 Å². The van der Waals surface area contributed by atoms with Gasteiger partial charge in [0.25, 0.3) is 0 Å². The molecule has 2 aromatic carbocycles. The van der Waals surface area contributed by atoms with Gasteiger partial charge in [0, 0.05) is 13.0 Å². The summed E-state index contributed by atoms with van der Waals surface area (Å²) in [4.78, 5) is 7.54. The molecule has 0 aliphatic rings. The molecule has 0 saturated carbocycles. The molecule has 0 bridgehead atoms. The van der Waals surface area contributed by atoms with Gasteiger partial charge in [0.05, 0.1) is 12.3 Å². The van der Waals surface area contributed by atoms with Gasteiger partial charge in [-0.1, -0.05) is 54.6 Å². The highest BCUT2D eigenvalue weighted by Gasteiger charge is 2.10. The van der Waals surface area contributed by atoms with E-state index >= 15 is 0 Å². The standard InChI is InChI=1S/C29H42N2O3/c1-6-8-18-33-28-20-24(3)29(25(4)21-28)34-19-14-10-13-17-31(7-2)23-27(30-32-5)22-26-15-11-9-12-16-26/h6,8-9,11-12,15-16,20-21H,7,10,13-14,17-19,22-23H2,1-5H3/b8-6+,30-27+. The topological polar surface area (TPSA) is 43.3 Å². The van der Waals surface area contributed by atoms with Crippen LogP contribution in [-0.4, -0.2) is 50.6 Å². The highest BCUT2D eigenvalue weighted by molar-refractivity contribution is 5.88. The Hall–Kier alpha value is -2.79. The molecule has 0 saturated heterocycles. The fourth-order valence-corrected chi connectivity index (χ4v) is 3.94. The molecule has 0 spiro atoms. The Kier molecular flexibility index (Phi) is 12.9. The second-order valence-electron chi connectivity index (χ2n) is 8.55. The minimum atomic E-state index is 0.593. The Morgan fingerprint density at radius 3 is 2.38 bits per heavy atom. The highest BCUT2D eigenvalue weighted by atomic mass is 16.6. The quantitative estimate of drug-likeness (QED) is 0.125. The van der Waals surface area contributed by atoms with Crippen molar-refractivity contribution < 1.29 is 14.3 Å². The van der Waals surface area contributed by atoms with Crippen molar-refractivity contribution in [2.24, 2.45) is 5.16 Å². The maximum atomic E-state index is 6.13. The molecular weight excluding hydrogens is 424 g/mol. The van der Waals surface area contributed by atoms with Crippen LogP contribution in [0.25, 0.3) is 0 Å². The predicted molar refractivity (Wildman–Crippen MR) is 142 cm³/mol. The molecule has 0 N–H and O–H groups in total. The Bertz CT molecular complexity index is 870. The van der Waals surface area contributed by atoms with Gasteiger partial charge < -0.3 is 14.3 Å². The van der Waals surface area contributed by atoms with Gasteiger partial charge in [0.1, 0.15) is 25.2 Å². The maximum Gasteiger partial charge on any atom is 0.125 e. The molecule has 0 aliphatic heterocycles. The third kappa shape index (κ3) is 10.0. The SMILES string of the molecule is C/C=C/COc1cc(C)c(OCCCCCN(CC)C/C(Cc2ccccc2)=N/OC)c(C)c1. The number of benzene rings is 2. The smallest absolute Gasteiger partial charge is 0.125 e. The molecule has 5 nitrogen and oxygen atoms in total. The van der Waals surface area contributed by atoms with E-state index < -0.39 is 0 Å². The molecule has 0 amide bonds. The van der Waals surface area contributed by atoms with E-state index in [9.17, 15) is 0 Å². The third-order valence-electron chi connectivity index (χ3n) is 5.71. The van der Waals surface area contributed by atoms with Crippen LogP contribution in [0.3, 0.4) is 0 Å². The summed E-state index contributed by atoms with van der Waals surface area (Å²) < 4.78 is 11.9. The van der Waals surface area contributed by atoms with Crippen LogP contribution in [0.15, 0.2) is 59.8 Å². The lowest BCUT2D eigenvalue weighted by atomic mass is 10.1. The lowest BCUT2D eigenvalue weighted by molar-refractivity contribution is 0.209. The molecule has 34 heavy (non-hydrogen) atoms. The Morgan fingerprint density at radius 1 is 1.00 bits per heavy atom. The molecular formula is C29H42N2O3. The van der Waals surface area contributed by atoms with E-state index in [1.54, 1.807) is 7.11 Å². The minimum Gasteiger partial charge on any atom is -0.493 e. The molecule has 2 rings (SSSR count).